The van der Waals surface area contributed by atoms with Crippen LogP contribution < -0.4 is 16.0 Å². The monoisotopic (exact) mass is 586 g/mol. The normalized spacial score (nSPS) is 14.9. The van der Waals surface area contributed by atoms with Gasteiger partial charge in [-0.15, -0.1) is 0 Å². The van der Waals surface area contributed by atoms with Crippen molar-refractivity contribution in [1.29, 1.82) is 0 Å². The van der Waals surface area contributed by atoms with Gasteiger partial charge in [0, 0.05) is 61.7 Å². The number of hydrogen-bond acceptors (Lipinski definition) is 6. The van der Waals surface area contributed by atoms with Crippen LogP contribution in [0, 0.1) is 0 Å². The van der Waals surface area contributed by atoms with Crippen molar-refractivity contribution in [3.8, 4) is 0 Å². The summed E-state index contributed by atoms with van der Waals surface area (Å²) < 4.78 is 0. The fourth-order valence-electron chi connectivity index (χ4n) is 5.21. The Morgan fingerprint density at radius 1 is 0.905 bits per heavy atom. The Hall–Kier alpha value is -4.21. The Labute approximate surface area is 250 Å². The van der Waals surface area contributed by atoms with Crippen LogP contribution in [-0.2, 0) is 16.1 Å². The first-order chi connectivity index (χ1) is 20.3. The average molecular weight is 587 g/mol. The second-order valence-electron chi connectivity index (χ2n) is 10.7. The van der Waals surface area contributed by atoms with Crippen molar-refractivity contribution in [3.63, 3.8) is 0 Å². The third-order valence-corrected chi connectivity index (χ3v) is 7.85. The lowest BCUT2D eigenvalue weighted by molar-refractivity contribution is -0.122. The van der Waals surface area contributed by atoms with Crippen LogP contribution >= 0.6 is 11.6 Å². The number of benzene rings is 3. The summed E-state index contributed by atoms with van der Waals surface area (Å²) in [5.74, 6) is 0.208. The minimum Gasteiger partial charge on any atom is -0.366 e. The quantitative estimate of drug-likeness (QED) is 0.374. The Balaban J connectivity index is 1.25. The van der Waals surface area contributed by atoms with Crippen molar-refractivity contribution in [2.45, 2.75) is 32.2 Å². The van der Waals surface area contributed by atoms with Gasteiger partial charge >= 0.3 is 0 Å². The molecule has 2 aliphatic heterocycles. The van der Waals surface area contributed by atoms with E-state index in [4.69, 9.17) is 22.3 Å². The molecule has 1 fully saturated rings. The number of nitrogens with zero attached hydrogens (tertiary/aromatic N) is 4. The van der Waals surface area contributed by atoms with E-state index in [1.165, 1.54) is 0 Å². The highest BCUT2D eigenvalue weighted by atomic mass is 35.5. The Morgan fingerprint density at radius 2 is 1.62 bits per heavy atom. The highest BCUT2D eigenvalue weighted by Crippen LogP contribution is 2.42. The van der Waals surface area contributed by atoms with Crippen molar-refractivity contribution >= 4 is 52.2 Å². The summed E-state index contributed by atoms with van der Waals surface area (Å²) in [6.45, 7) is 3.90. The van der Waals surface area contributed by atoms with Gasteiger partial charge in [-0.3, -0.25) is 19.3 Å². The number of nitrogens with one attached hydrogen (secondary N) is 1. The summed E-state index contributed by atoms with van der Waals surface area (Å²) in [5.41, 5.74) is 9.63. The standard InChI is InChI=1S/C32H35ClN6O3/c1-37-16-18-38(19-17-37)32-25-6-2-3-7-27(25)39(28-15-14-24(33)20-26(28)36-32)30(41)9-5-4-8-29(40)35-21-22-10-12-23(13-11-22)31(34)42/h2-3,6-7,10-15,20H,4-5,8-9,16-19,21H2,1H3,(H2,34,42)(H,35,40). The third kappa shape index (κ3) is 6.80. The molecule has 0 bridgehead atoms. The summed E-state index contributed by atoms with van der Waals surface area (Å²) in [6.07, 6.45) is 1.73. The molecule has 218 valence electrons. The molecule has 0 spiro atoms. The number of anilines is 2. The largest absolute Gasteiger partial charge is 0.366 e. The van der Waals surface area contributed by atoms with Crippen LogP contribution in [0.15, 0.2) is 71.7 Å². The second kappa shape index (κ2) is 13.2. The molecule has 0 aromatic heterocycles. The summed E-state index contributed by atoms with van der Waals surface area (Å²) in [4.78, 5) is 48.9. The summed E-state index contributed by atoms with van der Waals surface area (Å²) in [5, 5.41) is 3.45. The van der Waals surface area contributed by atoms with Gasteiger partial charge in [0.05, 0.1) is 17.1 Å². The summed E-state index contributed by atoms with van der Waals surface area (Å²) in [7, 11) is 2.12. The summed E-state index contributed by atoms with van der Waals surface area (Å²) in [6, 6.07) is 20.2. The predicted molar refractivity (Wildman–Crippen MR) is 166 cm³/mol. The number of amides is 3. The zero-order chi connectivity index (χ0) is 29.6. The number of halogens is 1. The van der Waals surface area contributed by atoms with Crippen LogP contribution in [-0.4, -0.2) is 66.6 Å². The molecule has 0 atom stereocenters. The summed E-state index contributed by atoms with van der Waals surface area (Å²) >= 11 is 6.39. The highest BCUT2D eigenvalue weighted by Gasteiger charge is 2.30. The molecule has 5 rings (SSSR count). The van der Waals surface area contributed by atoms with Crippen molar-refractivity contribution in [1.82, 2.24) is 15.1 Å². The number of carbonyl (C=O) groups is 3. The van der Waals surface area contributed by atoms with Crippen LogP contribution in [0.3, 0.4) is 0 Å². The van der Waals surface area contributed by atoms with Crippen LogP contribution in [0.25, 0.3) is 0 Å². The molecular weight excluding hydrogens is 552 g/mol. The zero-order valence-electron chi connectivity index (χ0n) is 23.7. The van der Waals surface area contributed by atoms with E-state index in [1.807, 2.05) is 36.4 Å². The molecule has 0 saturated carbocycles. The van der Waals surface area contributed by atoms with Crippen molar-refractivity contribution in [3.05, 3.63) is 88.4 Å². The molecule has 10 heteroatoms. The van der Waals surface area contributed by atoms with Crippen molar-refractivity contribution < 1.29 is 14.4 Å². The van der Waals surface area contributed by atoms with Gasteiger partial charge in [-0.1, -0.05) is 35.9 Å². The van der Waals surface area contributed by atoms with Gasteiger partial charge in [0.25, 0.3) is 0 Å². The van der Waals surface area contributed by atoms with Crippen LogP contribution in [0.5, 0.6) is 0 Å². The van der Waals surface area contributed by atoms with E-state index in [2.05, 4.69) is 22.2 Å². The van der Waals surface area contributed by atoms with Crippen LogP contribution in [0.4, 0.5) is 17.1 Å². The van der Waals surface area contributed by atoms with E-state index in [0.717, 1.165) is 48.8 Å². The molecule has 9 nitrogen and oxygen atoms in total. The Bertz CT molecular complexity index is 1500. The molecule has 3 aromatic rings. The fourth-order valence-corrected chi connectivity index (χ4v) is 5.38. The number of fused-ring (bicyclic) bond motifs is 2. The van der Waals surface area contributed by atoms with Gasteiger partial charge in [0.1, 0.15) is 5.84 Å². The van der Waals surface area contributed by atoms with E-state index in [1.54, 1.807) is 35.2 Å². The van der Waals surface area contributed by atoms with E-state index in [0.29, 0.717) is 47.8 Å². The molecule has 3 N–H and O–H groups in total. The highest BCUT2D eigenvalue weighted by molar-refractivity contribution is 6.31. The number of primary amides is 1. The molecule has 0 radical (unpaired) electrons. The molecule has 3 amide bonds. The number of hydrogen-bond donors (Lipinski definition) is 2. The predicted octanol–water partition coefficient (Wildman–Crippen LogP) is 4.62. The molecule has 0 unspecified atom stereocenters. The zero-order valence-corrected chi connectivity index (χ0v) is 24.4. The lowest BCUT2D eigenvalue weighted by atomic mass is 10.1. The van der Waals surface area contributed by atoms with Gasteiger partial charge in [-0.25, -0.2) is 4.99 Å². The first kappa shape index (κ1) is 29.3. The molecule has 3 aromatic carbocycles. The first-order valence-electron chi connectivity index (χ1n) is 14.2. The number of carbonyl (C=O) groups excluding carboxylic acids is 3. The number of likely N-dealkylation sites (N-methyl/N-ethyl adjacent to an activating group) is 1. The smallest absolute Gasteiger partial charge is 0.248 e. The molecule has 0 aliphatic carbocycles. The lowest BCUT2D eigenvalue weighted by Gasteiger charge is -2.35. The van der Waals surface area contributed by atoms with Crippen LogP contribution in [0.2, 0.25) is 5.02 Å². The Kier molecular flexibility index (Phi) is 9.19. The van der Waals surface area contributed by atoms with E-state index in [-0.39, 0.29) is 18.2 Å². The lowest BCUT2D eigenvalue weighted by Crippen LogP contribution is -2.47. The minimum atomic E-state index is -0.487. The van der Waals surface area contributed by atoms with Gasteiger partial charge < -0.3 is 20.9 Å². The number of aliphatic imine (C=N–C) groups is 1. The molecular formula is C32H35ClN6O3. The topological polar surface area (TPSA) is 111 Å². The van der Waals surface area contributed by atoms with Gasteiger partial charge in [-0.2, -0.15) is 0 Å². The second-order valence-corrected chi connectivity index (χ2v) is 11.1. The maximum Gasteiger partial charge on any atom is 0.248 e. The number of unbranched alkanes of at least 4 members (excludes halogenated alkanes) is 1. The molecule has 1 saturated heterocycles. The van der Waals surface area contributed by atoms with Crippen molar-refractivity contribution in [2.24, 2.45) is 10.7 Å². The SMILES string of the molecule is CN1CCN(C2=Nc3cc(Cl)ccc3N(C(=O)CCCCC(=O)NCc3ccc(C(N)=O)cc3)c3ccccc32)CC1. The molecule has 2 heterocycles. The number of rotatable bonds is 8. The Morgan fingerprint density at radius 3 is 2.36 bits per heavy atom. The van der Waals surface area contributed by atoms with Gasteiger partial charge in [0.2, 0.25) is 17.7 Å². The third-order valence-electron chi connectivity index (χ3n) is 7.62. The average Bonchev–Trinajstić information content (AvgIpc) is 3.13. The van der Waals surface area contributed by atoms with Gasteiger partial charge in [-0.05, 0) is 67.9 Å². The number of amidine groups is 1. The van der Waals surface area contributed by atoms with E-state index in [9.17, 15) is 14.4 Å². The van der Waals surface area contributed by atoms with Gasteiger partial charge in [0.15, 0.2) is 0 Å². The molecule has 42 heavy (non-hydrogen) atoms. The van der Waals surface area contributed by atoms with Crippen LogP contribution in [0.1, 0.15) is 47.2 Å². The number of nitrogens with two attached hydrogens (primary N) is 1. The maximum absolute atomic E-state index is 13.8. The first-order valence-corrected chi connectivity index (χ1v) is 14.6. The van der Waals surface area contributed by atoms with E-state index >= 15 is 0 Å². The molecule has 2 aliphatic rings. The van der Waals surface area contributed by atoms with Crippen molar-refractivity contribution in [2.75, 3.05) is 38.1 Å². The number of piperazine rings is 1. The minimum absolute atomic E-state index is 0.0594. The number of para-hydroxylation sites is 1. The maximum atomic E-state index is 13.8. The fraction of sp³-hybridized carbons (Fsp3) is 0.312. The van der Waals surface area contributed by atoms with E-state index < -0.39 is 5.91 Å².